The Bertz CT molecular complexity index is 386. The second kappa shape index (κ2) is 6.97. The van der Waals surface area contributed by atoms with Crippen LogP contribution in [0.3, 0.4) is 0 Å². The summed E-state index contributed by atoms with van der Waals surface area (Å²) in [5.74, 6) is 1.63. The minimum Gasteiger partial charge on any atom is -0.344 e. The second-order valence-electron chi connectivity index (χ2n) is 6.64. The van der Waals surface area contributed by atoms with Crippen molar-refractivity contribution in [1.82, 2.24) is 15.5 Å². The Hall–Kier alpha value is -0.810. The summed E-state index contributed by atoms with van der Waals surface area (Å²) in [4.78, 5) is 26.2. The molecule has 2 aliphatic heterocycles. The molecule has 2 N–H and O–H groups in total. The van der Waals surface area contributed by atoms with Crippen LogP contribution in [0.1, 0.15) is 32.6 Å². The molecule has 2 amide bonds. The van der Waals surface area contributed by atoms with Crippen molar-refractivity contribution in [2.75, 3.05) is 26.2 Å². The molecule has 21 heavy (non-hydrogen) atoms. The summed E-state index contributed by atoms with van der Waals surface area (Å²) >= 11 is 0. The Balaban J connectivity index is 0.00000161. The lowest BCUT2D eigenvalue weighted by atomic mass is 9.96. The van der Waals surface area contributed by atoms with Crippen LogP contribution < -0.4 is 10.6 Å². The minimum absolute atomic E-state index is 0. The maximum absolute atomic E-state index is 12.8. The monoisotopic (exact) mass is 315 g/mol. The van der Waals surface area contributed by atoms with E-state index in [9.17, 15) is 9.59 Å². The predicted octanol–water partition coefficient (Wildman–Crippen LogP) is 0.781. The van der Waals surface area contributed by atoms with Crippen LogP contribution in [0.5, 0.6) is 0 Å². The van der Waals surface area contributed by atoms with Crippen molar-refractivity contribution >= 4 is 24.2 Å². The zero-order chi connectivity index (χ0) is 14.1. The number of hydrogen-bond acceptors (Lipinski definition) is 3. The Morgan fingerprint density at radius 3 is 2.24 bits per heavy atom. The second-order valence-corrected chi connectivity index (χ2v) is 6.64. The molecule has 0 radical (unpaired) electrons. The molecule has 0 aromatic carbocycles. The van der Waals surface area contributed by atoms with Crippen molar-refractivity contribution in [3.05, 3.63) is 0 Å². The summed E-state index contributed by atoms with van der Waals surface area (Å²) in [7, 11) is 0. The maximum atomic E-state index is 12.8. The maximum Gasteiger partial charge on any atom is 0.245 e. The number of nitrogens with zero attached hydrogens (tertiary/aromatic N) is 1. The Labute approximate surface area is 132 Å². The third kappa shape index (κ3) is 3.51. The molecule has 0 bridgehead atoms. The lowest BCUT2D eigenvalue weighted by molar-refractivity contribution is -0.137. The summed E-state index contributed by atoms with van der Waals surface area (Å²) in [5, 5.41) is 6.31. The van der Waals surface area contributed by atoms with Crippen molar-refractivity contribution in [3.8, 4) is 0 Å². The number of halogens is 1. The van der Waals surface area contributed by atoms with Gasteiger partial charge in [0.05, 0.1) is 0 Å². The van der Waals surface area contributed by atoms with Gasteiger partial charge in [-0.15, -0.1) is 12.4 Å². The van der Waals surface area contributed by atoms with E-state index in [0.29, 0.717) is 17.8 Å². The number of carbonyl (C=O) groups is 2. The number of fused-ring (bicyclic) bond motifs is 1. The van der Waals surface area contributed by atoms with Crippen molar-refractivity contribution in [2.45, 2.75) is 38.6 Å². The standard InChI is InChI=1S/C15H25N3O2.ClH/c1-10(19)17-14(11-4-2-3-5-11)15(20)18-8-12-6-16-7-13(12)9-18;/h11-14,16H,2-9H2,1H3,(H,17,19);1H/t12-,13+,14?;. The van der Waals surface area contributed by atoms with Gasteiger partial charge in [-0.05, 0) is 30.6 Å². The van der Waals surface area contributed by atoms with E-state index < -0.39 is 0 Å². The normalized spacial score (nSPS) is 29.9. The predicted molar refractivity (Wildman–Crippen MR) is 83.2 cm³/mol. The fourth-order valence-corrected chi connectivity index (χ4v) is 4.12. The third-order valence-electron chi connectivity index (χ3n) is 5.20. The van der Waals surface area contributed by atoms with Gasteiger partial charge in [-0.1, -0.05) is 12.8 Å². The van der Waals surface area contributed by atoms with Gasteiger partial charge in [-0.25, -0.2) is 0 Å². The van der Waals surface area contributed by atoms with E-state index >= 15 is 0 Å². The number of hydrogen-bond donors (Lipinski definition) is 2. The average molecular weight is 316 g/mol. The van der Waals surface area contributed by atoms with E-state index in [1.165, 1.54) is 19.8 Å². The smallest absolute Gasteiger partial charge is 0.245 e. The molecule has 120 valence electrons. The van der Waals surface area contributed by atoms with Gasteiger partial charge in [0.25, 0.3) is 0 Å². The van der Waals surface area contributed by atoms with Gasteiger partial charge in [0.15, 0.2) is 0 Å². The van der Waals surface area contributed by atoms with Gasteiger partial charge in [0.2, 0.25) is 11.8 Å². The van der Waals surface area contributed by atoms with Crippen LogP contribution in [-0.2, 0) is 9.59 Å². The van der Waals surface area contributed by atoms with Gasteiger partial charge in [-0.3, -0.25) is 9.59 Å². The van der Waals surface area contributed by atoms with Crippen LogP contribution in [0.4, 0.5) is 0 Å². The molecule has 1 unspecified atom stereocenters. The summed E-state index contributed by atoms with van der Waals surface area (Å²) in [5.41, 5.74) is 0. The van der Waals surface area contributed by atoms with Crippen LogP contribution in [0.15, 0.2) is 0 Å². The molecule has 5 nitrogen and oxygen atoms in total. The van der Waals surface area contributed by atoms with Crippen molar-refractivity contribution in [2.24, 2.45) is 17.8 Å². The van der Waals surface area contributed by atoms with E-state index in [2.05, 4.69) is 10.6 Å². The molecule has 0 spiro atoms. The molecule has 3 fully saturated rings. The lowest BCUT2D eigenvalue weighted by Crippen LogP contribution is -2.51. The summed E-state index contributed by atoms with van der Waals surface area (Å²) < 4.78 is 0. The van der Waals surface area contributed by atoms with E-state index in [4.69, 9.17) is 0 Å². The Morgan fingerprint density at radius 1 is 1.14 bits per heavy atom. The molecule has 6 heteroatoms. The van der Waals surface area contributed by atoms with Crippen LogP contribution in [-0.4, -0.2) is 48.9 Å². The van der Waals surface area contributed by atoms with E-state index in [0.717, 1.165) is 39.0 Å². The van der Waals surface area contributed by atoms with E-state index in [-0.39, 0.29) is 30.3 Å². The Morgan fingerprint density at radius 2 is 1.71 bits per heavy atom. The van der Waals surface area contributed by atoms with Crippen molar-refractivity contribution < 1.29 is 9.59 Å². The minimum atomic E-state index is -0.290. The van der Waals surface area contributed by atoms with Gasteiger partial charge >= 0.3 is 0 Å². The molecule has 2 saturated heterocycles. The largest absolute Gasteiger partial charge is 0.344 e. The SMILES string of the molecule is CC(=O)NC(C(=O)N1C[C@H]2CNC[C@H]2C1)C1CCCC1.Cl. The number of nitrogens with one attached hydrogen (secondary N) is 2. The highest BCUT2D eigenvalue weighted by atomic mass is 35.5. The molecular weight excluding hydrogens is 290 g/mol. The fraction of sp³-hybridized carbons (Fsp3) is 0.867. The number of carbonyl (C=O) groups excluding carboxylic acids is 2. The first-order valence-electron chi connectivity index (χ1n) is 7.91. The van der Waals surface area contributed by atoms with Crippen LogP contribution in [0.25, 0.3) is 0 Å². The molecular formula is C15H26ClN3O2. The topological polar surface area (TPSA) is 61.4 Å². The molecule has 2 heterocycles. The molecule has 0 aromatic rings. The van der Waals surface area contributed by atoms with E-state index in [1.807, 2.05) is 4.90 Å². The molecule has 3 aliphatic rings. The van der Waals surface area contributed by atoms with Crippen LogP contribution >= 0.6 is 12.4 Å². The zero-order valence-corrected chi connectivity index (χ0v) is 13.5. The Kier molecular flexibility index (Phi) is 5.49. The van der Waals surface area contributed by atoms with Gasteiger partial charge < -0.3 is 15.5 Å². The molecule has 1 saturated carbocycles. The molecule has 1 aliphatic carbocycles. The molecule has 3 atom stereocenters. The van der Waals surface area contributed by atoms with Crippen LogP contribution in [0, 0.1) is 17.8 Å². The third-order valence-corrected chi connectivity index (χ3v) is 5.20. The van der Waals surface area contributed by atoms with Crippen LogP contribution in [0.2, 0.25) is 0 Å². The highest BCUT2D eigenvalue weighted by Gasteiger charge is 2.42. The molecule has 0 aromatic heterocycles. The number of rotatable bonds is 3. The van der Waals surface area contributed by atoms with Gasteiger partial charge in [-0.2, -0.15) is 0 Å². The number of likely N-dealkylation sites (tertiary alicyclic amines) is 1. The summed E-state index contributed by atoms with van der Waals surface area (Å²) in [6, 6.07) is -0.290. The highest BCUT2D eigenvalue weighted by Crippen LogP contribution is 2.31. The van der Waals surface area contributed by atoms with Gasteiger partial charge in [0.1, 0.15) is 6.04 Å². The zero-order valence-electron chi connectivity index (χ0n) is 12.6. The summed E-state index contributed by atoms with van der Waals surface area (Å²) in [6.45, 7) is 5.29. The van der Waals surface area contributed by atoms with Crippen molar-refractivity contribution in [1.29, 1.82) is 0 Å². The first-order chi connectivity index (χ1) is 9.65. The first kappa shape index (κ1) is 16.6. The van der Waals surface area contributed by atoms with Crippen molar-refractivity contribution in [3.63, 3.8) is 0 Å². The lowest BCUT2D eigenvalue weighted by Gasteiger charge is -2.28. The molecule has 3 rings (SSSR count). The summed E-state index contributed by atoms with van der Waals surface area (Å²) in [6.07, 6.45) is 4.50. The first-order valence-corrected chi connectivity index (χ1v) is 7.91. The van der Waals surface area contributed by atoms with E-state index in [1.54, 1.807) is 0 Å². The fourth-order valence-electron chi connectivity index (χ4n) is 4.12. The number of amides is 2. The average Bonchev–Trinajstić information content (AvgIpc) is 3.09. The quantitative estimate of drug-likeness (QED) is 0.809. The van der Waals surface area contributed by atoms with Gasteiger partial charge in [0, 0.05) is 33.1 Å². The highest BCUT2D eigenvalue weighted by molar-refractivity contribution is 5.87.